The molecule has 2 rings (SSSR count). The second kappa shape index (κ2) is 9.30. The lowest BCUT2D eigenvalue weighted by molar-refractivity contribution is -0.112. The Morgan fingerprint density at radius 3 is 2.56 bits per heavy atom. The topological polar surface area (TPSA) is 83.4 Å². The zero-order valence-corrected chi connectivity index (χ0v) is 15.9. The molecule has 0 radical (unpaired) electrons. The first-order valence-corrected chi connectivity index (χ1v) is 8.52. The number of benzene rings is 2. The van der Waals surface area contributed by atoms with Gasteiger partial charge in [-0.1, -0.05) is 25.1 Å². The standard InChI is InChI=1S/C21H23N3O3/c1-5-15-8-6-7-14(2)20(15)23-13-16(12-22)21(25)24-17-9-10-18(26-3)19(11-17)27-4/h6-11,13,23H,5H2,1-4H3,(H,24,25)/b16-13-. The predicted molar refractivity (Wildman–Crippen MR) is 106 cm³/mol. The number of rotatable bonds is 7. The first kappa shape index (κ1) is 19.9. The lowest BCUT2D eigenvalue weighted by atomic mass is 10.1. The van der Waals surface area contributed by atoms with Crippen LogP contribution in [0.1, 0.15) is 18.1 Å². The number of methoxy groups -OCH3 is 2. The fraction of sp³-hybridized carbons (Fsp3) is 0.238. The van der Waals surface area contributed by atoms with Crippen molar-refractivity contribution in [2.45, 2.75) is 20.3 Å². The fourth-order valence-corrected chi connectivity index (χ4v) is 2.64. The molecule has 0 aliphatic rings. The van der Waals surface area contributed by atoms with Gasteiger partial charge in [0.1, 0.15) is 11.6 Å². The Kier molecular flexibility index (Phi) is 6.84. The number of nitrogens with one attached hydrogen (secondary N) is 2. The molecule has 0 aliphatic carbocycles. The molecule has 0 saturated heterocycles. The van der Waals surface area contributed by atoms with E-state index in [0.717, 1.165) is 23.2 Å². The van der Waals surface area contributed by atoms with Crippen molar-refractivity contribution in [1.29, 1.82) is 5.26 Å². The first-order valence-electron chi connectivity index (χ1n) is 8.52. The summed E-state index contributed by atoms with van der Waals surface area (Å²) in [4.78, 5) is 12.4. The third-order valence-corrected chi connectivity index (χ3v) is 4.11. The third-order valence-electron chi connectivity index (χ3n) is 4.11. The average molecular weight is 365 g/mol. The average Bonchev–Trinajstić information content (AvgIpc) is 2.69. The highest BCUT2D eigenvalue weighted by atomic mass is 16.5. The summed E-state index contributed by atoms with van der Waals surface area (Å²) in [6, 6.07) is 12.9. The number of anilines is 2. The van der Waals surface area contributed by atoms with Crippen molar-refractivity contribution in [2.75, 3.05) is 24.9 Å². The Morgan fingerprint density at radius 2 is 1.93 bits per heavy atom. The van der Waals surface area contributed by atoms with Crippen molar-refractivity contribution < 1.29 is 14.3 Å². The van der Waals surface area contributed by atoms with Gasteiger partial charge < -0.3 is 20.1 Å². The lowest BCUT2D eigenvalue weighted by Gasteiger charge is -2.12. The smallest absolute Gasteiger partial charge is 0.267 e. The molecule has 0 heterocycles. The summed E-state index contributed by atoms with van der Waals surface area (Å²) in [7, 11) is 3.05. The molecule has 0 aliphatic heterocycles. The number of carbonyl (C=O) groups is 1. The van der Waals surface area contributed by atoms with Crippen molar-refractivity contribution in [3.63, 3.8) is 0 Å². The molecular formula is C21H23N3O3. The number of hydrogen-bond donors (Lipinski definition) is 2. The zero-order chi connectivity index (χ0) is 19.8. The number of nitrogens with zero attached hydrogens (tertiary/aromatic N) is 1. The van der Waals surface area contributed by atoms with Crippen LogP contribution in [-0.4, -0.2) is 20.1 Å². The molecule has 0 atom stereocenters. The van der Waals surface area contributed by atoms with E-state index in [1.807, 2.05) is 31.2 Å². The summed E-state index contributed by atoms with van der Waals surface area (Å²) in [6.07, 6.45) is 2.27. The van der Waals surface area contributed by atoms with Gasteiger partial charge in [0.2, 0.25) is 0 Å². The van der Waals surface area contributed by atoms with Gasteiger partial charge in [0.15, 0.2) is 11.5 Å². The second-order valence-electron chi connectivity index (χ2n) is 5.80. The Balaban J connectivity index is 2.19. The van der Waals surface area contributed by atoms with Crippen LogP contribution >= 0.6 is 0 Å². The van der Waals surface area contributed by atoms with Crippen molar-refractivity contribution in [3.8, 4) is 17.6 Å². The van der Waals surface area contributed by atoms with Gasteiger partial charge in [0, 0.05) is 23.6 Å². The molecule has 2 N–H and O–H groups in total. The number of ether oxygens (including phenoxy) is 2. The Bertz CT molecular complexity index is 898. The van der Waals surface area contributed by atoms with Crippen LogP contribution in [0, 0.1) is 18.3 Å². The highest BCUT2D eigenvalue weighted by molar-refractivity contribution is 6.06. The van der Waals surface area contributed by atoms with Crippen LogP contribution in [0.2, 0.25) is 0 Å². The number of aryl methyl sites for hydroxylation is 2. The van der Waals surface area contributed by atoms with E-state index in [0.29, 0.717) is 17.2 Å². The van der Waals surface area contributed by atoms with Gasteiger partial charge >= 0.3 is 0 Å². The van der Waals surface area contributed by atoms with E-state index in [9.17, 15) is 10.1 Å². The minimum absolute atomic E-state index is 0.0323. The number of carbonyl (C=O) groups excluding carboxylic acids is 1. The van der Waals surface area contributed by atoms with Crippen LogP contribution in [0.3, 0.4) is 0 Å². The lowest BCUT2D eigenvalue weighted by Crippen LogP contribution is -2.15. The number of hydrogen-bond acceptors (Lipinski definition) is 5. The van der Waals surface area contributed by atoms with Crippen LogP contribution in [0.25, 0.3) is 0 Å². The van der Waals surface area contributed by atoms with E-state index in [1.54, 1.807) is 18.2 Å². The van der Waals surface area contributed by atoms with Crippen LogP contribution in [0.15, 0.2) is 48.2 Å². The van der Waals surface area contributed by atoms with Gasteiger partial charge in [-0.05, 0) is 36.6 Å². The Morgan fingerprint density at radius 1 is 1.19 bits per heavy atom. The van der Waals surface area contributed by atoms with Gasteiger partial charge in [-0.25, -0.2) is 0 Å². The van der Waals surface area contributed by atoms with Gasteiger partial charge in [-0.2, -0.15) is 5.26 Å². The molecule has 6 heteroatoms. The molecule has 0 bridgehead atoms. The Labute approximate surface area is 159 Å². The van der Waals surface area contributed by atoms with Gasteiger partial charge in [-0.15, -0.1) is 0 Å². The van der Waals surface area contributed by atoms with E-state index in [1.165, 1.54) is 20.4 Å². The van der Waals surface area contributed by atoms with Gasteiger partial charge in [-0.3, -0.25) is 4.79 Å². The van der Waals surface area contributed by atoms with E-state index >= 15 is 0 Å². The summed E-state index contributed by atoms with van der Waals surface area (Å²) >= 11 is 0. The minimum atomic E-state index is -0.510. The first-order chi connectivity index (χ1) is 13.0. The number of nitriles is 1. The molecular weight excluding hydrogens is 342 g/mol. The van der Waals surface area contributed by atoms with Crippen molar-refractivity contribution in [1.82, 2.24) is 0 Å². The summed E-state index contributed by atoms with van der Waals surface area (Å²) in [5.41, 5.74) is 3.54. The van der Waals surface area contributed by atoms with Gasteiger partial charge in [0.25, 0.3) is 5.91 Å². The summed E-state index contributed by atoms with van der Waals surface area (Å²) in [6.45, 7) is 4.03. The van der Waals surface area contributed by atoms with Crippen LogP contribution < -0.4 is 20.1 Å². The van der Waals surface area contributed by atoms with Crippen LogP contribution in [0.4, 0.5) is 11.4 Å². The quantitative estimate of drug-likeness (QED) is 0.572. The molecule has 0 aromatic heterocycles. The molecule has 140 valence electrons. The van der Waals surface area contributed by atoms with Crippen LogP contribution in [0.5, 0.6) is 11.5 Å². The maximum Gasteiger partial charge on any atom is 0.267 e. The van der Waals surface area contributed by atoms with E-state index < -0.39 is 5.91 Å². The second-order valence-corrected chi connectivity index (χ2v) is 5.80. The minimum Gasteiger partial charge on any atom is -0.493 e. The maximum absolute atomic E-state index is 12.4. The number of para-hydroxylation sites is 1. The molecule has 0 fully saturated rings. The Hall–Kier alpha value is -3.46. The van der Waals surface area contributed by atoms with Crippen molar-refractivity contribution in [2.24, 2.45) is 0 Å². The molecule has 1 amide bonds. The fourth-order valence-electron chi connectivity index (χ4n) is 2.64. The largest absolute Gasteiger partial charge is 0.493 e. The molecule has 6 nitrogen and oxygen atoms in total. The molecule has 0 saturated carbocycles. The zero-order valence-electron chi connectivity index (χ0n) is 15.9. The van der Waals surface area contributed by atoms with Crippen molar-refractivity contribution in [3.05, 3.63) is 59.3 Å². The van der Waals surface area contributed by atoms with Crippen LogP contribution in [-0.2, 0) is 11.2 Å². The normalized spacial score (nSPS) is 10.7. The third kappa shape index (κ3) is 4.79. The van der Waals surface area contributed by atoms with Gasteiger partial charge in [0.05, 0.1) is 14.2 Å². The summed E-state index contributed by atoms with van der Waals surface area (Å²) in [5, 5.41) is 15.2. The highest BCUT2D eigenvalue weighted by Crippen LogP contribution is 2.30. The molecule has 2 aromatic rings. The SMILES string of the molecule is CCc1cccc(C)c1N/C=C(/C#N)C(=O)Nc1ccc(OC)c(OC)c1. The summed E-state index contributed by atoms with van der Waals surface area (Å²) in [5.74, 6) is 0.534. The highest BCUT2D eigenvalue weighted by Gasteiger charge is 2.12. The number of amides is 1. The summed E-state index contributed by atoms with van der Waals surface area (Å²) < 4.78 is 10.4. The van der Waals surface area contributed by atoms with Crippen molar-refractivity contribution >= 4 is 17.3 Å². The van der Waals surface area contributed by atoms with E-state index in [4.69, 9.17) is 9.47 Å². The molecule has 27 heavy (non-hydrogen) atoms. The molecule has 0 spiro atoms. The molecule has 2 aromatic carbocycles. The monoisotopic (exact) mass is 365 g/mol. The predicted octanol–water partition coefficient (Wildman–Crippen LogP) is 4.03. The maximum atomic E-state index is 12.4. The molecule has 0 unspecified atom stereocenters. The van der Waals surface area contributed by atoms with E-state index in [2.05, 4.69) is 17.6 Å². The van der Waals surface area contributed by atoms with E-state index in [-0.39, 0.29) is 5.57 Å².